The number of nitrogens with zero attached hydrogens (tertiary/aromatic N) is 2. The second-order valence-electron chi connectivity index (χ2n) is 4.86. The summed E-state index contributed by atoms with van der Waals surface area (Å²) in [6, 6.07) is 10.9. The highest BCUT2D eigenvalue weighted by atomic mass is 16.2. The second-order valence-corrected chi connectivity index (χ2v) is 4.86. The summed E-state index contributed by atoms with van der Waals surface area (Å²) in [5.74, 6) is 0.342. The standard InChI is InChI=1S/C16H19N3O2/c1-3-9-17-14(20)11-19-15(21)10-12(2)18-16(19)13-7-5-4-6-8-13/h4-8,10H,3,9,11H2,1-2H3,(H,17,20). The maximum atomic E-state index is 12.2. The molecule has 1 N–H and O–H groups in total. The molecule has 0 bridgehead atoms. The van der Waals surface area contributed by atoms with Crippen LogP contribution < -0.4 is 10.9 Å². The van der Waals surface area contributed by atoms with Crippen molar-refractivity contribution >= 4 is 5.91 Å². The van der Waals surface area contributed by atoms with E-state index in [-0.39, 0.29) is 18.0 Å². The molecule has 5 heteroatoms. The Hall–Kier alpha value is -2.43. The van der Waals surface area contributed by atoms with E-state index in [0.29, 0.717) is 18.1 Å². The Labute approximate surface area is 123 Å². The maximum absolute atomic E-state index is 12.2. The lowest BCUT2D eigenvalue weighted by Crippen LogP contribution is -2.33. The van der Waals surface area contributed by atoms with Gasteiger partial charge >= 0.3 is 0 Å². The van der Waals surface area contributed by atoms with Gasteiger partial charge in [-0.25, -0.2) is 4.98 Å². The molecule has 1 amide bonds. The Morgan fingerprint density at radius 3 is 2.67 bits per heavy atom. The van der Waals surface area contributed by atoms with Gasteiger partial charge in [0.25, 0.3) is 5.56 Å². The molecule has 2 aromatic rings. The molecule has 2 rings (SSSR count). The van der Waals surface area contributed by atoms with E-state index >= 15 is 0 Å². The summed E-state index contributed by atoms with van der Waals surface area (Å²) in [6.07, 6.45) is 0.859. The largest absolute Gasteiger partial charge is 0.355 e. The smallest absolute Gasteiger partial charge is 0.254 e. The second kappa shape index (κ2) is 6.83. The molecular weight excluding hydrogens is 266 g/mol. The number of nitrogens with one attached hydrogen (secondary N) is 1. The molecule has 0 spiro atoms. The molecule has 0 unspecified atom stereocenters. The topological polar surface area (TPSA) is 64.0 Å². The summed E-state index contributed by atoms with van der Waals surface area (Å²) in [7, 11) is 0. The van der Waals surface area contributed by atoms with Crippen molar-refractivity contribution in [3.05, 3.63) is 52.4 Å². The van der Waals surface area contributed by atoms with Crippen molar-refractivity contribution in [2.75, 3.05) is 6.54 Å². The molecule has 1 aromatic carbocycles. The number of hydrogen-bond donors (Lipinski definition) is 1. The number of rotatable bonds is 5. The van der Waals surface area contributed by atoms with E-state index in [9.17, 15) is 9.59 Å². The van der Waals surface area contributed by atoms with Gasteiger partial charge in [0.15, 0.2) is 0 Å². The van der Waals surface area contributed by atoms with E-state index in [1.807, 2.05) is 37.3 Å². The molecule has 0 aliphatic heterocycles. The maximum Gasteiger partial charge on any atom is 0.254 e. The highest BCUT2D eigenvalue weighted by Gasteiger charge is 2.12. The molecule has 0 aliphatic carbocycles. The summed E-state index contributed by atoms with van der Waals surface area (Å²) in [6.45, 7) is 4.34. The minimum Gasteiger partial charge on any atom is -0.355 e. The van der Waals surface area contributed by atoms with Crippen LogP contribution in [-0.2, 0) is 11.3 Å². The van der Waals surface area contributed by atoms with Crippen LogP contribution in [0.4, 0.5) is 0 Å². The fourth-order valence-electron chi connectivity index (χ4n) is 2.05. The number of aromatic nitrogens is 2. The summed E-state index contributed by atoms with van der Waals surface area (Å²) in [4.78, 5) is 28.5. The van der Waals surface area contributed by atoms with E-state index in [0.717, 1.165) is 12.0 Å². The fourth-order valence-corrected chi connectivity index (χ4v) is 2.05. The molecule has 21 heavy (non-hydrogen) atoms. The summed E-state index contributed by atoms with van der Waals surface area (Å²) >= 11 is 0. The number of carbonyl (C=O) groups is 1. The molecule has 110 valence electrons. The predicted octanol–water partition coefficient (Wildman–Crippen LogP) is 1.74. The van der Waals surface area contributed by atoms with Gasteiger partial charge in [-0.3, -0.25) is 14.2 Å². The monoisotopic (exact) mass is 285 g/mol. The Kier molecular flexibility index (Phi) is 4.87. The van der Waals surface area contributed by atoms with Gasteiger partial charge in [0.05, 0.1) is 0 Å². The first-order valence-electron chi connectivity index (χ1n) is 7.02. The average molecular weight is 285 g/mol. The summed E-state index contributed by atoms with van der Waals surface area (Å²) in [5, 5.41) is 2.77. The Morgan fingerprint density at radius 1 is 1.29 bits per heavy atom. The zero-order chi connectivity index (χ0) is 15.2. The van der Waals surface area contributed by atoms with Crippen LogP contribution in [0.5, 0.6) is 0 Å². The third kappa shape index (κ3) is 3.78. The van der Waals surface area contributed by atoms with Crippen LogP contribution in [0.25, 0.3) is 11.4 Å². The van der Waals surface area contributed by atoms with Crippen LogP contribution >= 0.6 is 0 Å². The molecule has 0 radical (unpaired) electrons. The van der Waals surface area contributed by atoms with Crippen LogP contribution in [0.2, 0.25) is 0 Å². The minimum atomic E-state index is -0.215. The molecule has 5 nitrogen and oxygen atoms in total. The molecule has 0 saturated heterocycles. The van der Waals surface area contributed by atoms with Crippen molar-refractivity contribution in [1.29, 1.82) is 0 Å². The third-order valence-electron chi connectivity index (χ3n) is 3.04. The Bertz CT molecular complexity index is 678. The van der Waals surface area contributed by atoms with Crippen molar-refractivity contribution < 1.29 is 4.79 Å². The molecule has 1 aromatic heterocycles. The van der Waals surface area contributed by atoms with Crippen molar-refractivity contribution in [3.63, 3.8) is 0 Å². The van der Waals surface area contributed by atoms with E-state index < -0.39 is 0 Å². The number of aryl methyl sites for hydroxylation is 1. The van der Waals surface area contributed by atoms with Crippen LogP contribution in [0.1, 0.15) is 19.0 Å². The molecule has 0 saturated carbocycles. The summed E-state index contributed by atoms with van der Waals surface area (Å²) in [5.41, 5.74) is 1.25. The lowest BCUT2D eigenvalue weighted by Gasteiger charge is -2.12. The van der Waals surface area contributed by atoms with Gasteiger partial charge in [-0.05, 0) is 13.3 Å². The van der Waals surface area contributed by atoms with Crippen LogP contribution in [0.3, 0.4) is 0 Å². The highest BCUT2D eigenvalue weighted by Crippen LogP contribution is 2.15. The lowest BCUT2D eigenvalue weighted by atomic mass is 10.2. The van der Waals surface area contributed by atoms with Gasteiger partial charge < -0.3 is 5.32 Å². The third-order valence-corrected chi connectivity index (χ3v) is 3.04. The SMILES string of the molecule is CCCNC(=O)Cn1c(-c2ccccc2)nc(C)cc1=O. The first-order chi connectivity index (χ1) is 10.1. The number of amides is 1. The average Bonchev–Trinajstić information content (AvgIpc) is 2.48. The summed E-state index contributed by atoms with van der Waals surface area (Å²) < 4.78 is 1.41. The zero-order valence-corrected chi connectivity index (χ0v) is 12.3. The van der Waals surface area contributed by atoms with Crippen molar-refractivity contribution in [2.45, 2.75) is 26.8 Å². The predicted molar refractivity (Wildman–Crippen MR) is 82.0 cm³/mol. The number of carbonyl (C=O) groups excluding carboxylic acids is 1. The fraction of sp³-hybridized carbons (Fsp3) is 0.312. The first-order valence-corrected chi connectivity index (χ1v) is 7.02. The Balaban J connectivity index is 2.40. The number of hydrogen-bond acceptors (Lipinski definition) is 3. The molecule has 0 fully saturated rings. The van der Waals surface area contributed by atoms with Crippen LogP contribution in [0, 0.1) is 6.92 Å². The lowest BCUT2D eigenvalue weighted by molar-refractivity contribution is -0.121. The number of benzene rings is 1. The normalized spacial score (nSPS) is 10.4. The molecule has 1 heterocycles. The van der Waals surface area contributed by atoms with E-state index in [2.05, 4.69) is 10.3 Å². The molecule has 0 aliphatic rings. The van der Waals surface area contributed by atoms with E-state index in [4.69, 9.17) is 0 Å². The van der Waals surface area contributed by atoms with Crippen LogP contribution in [-0.4, -0.2) is 22.0 Å². The molecular formula is C16H19N3O2. The van der Waals surface area contributed by atoms with Crippen molar-refractivity contribution in [3.8, 4) is 11.4 Å². The van der Waals surface area contributed by atoms with Crippen LogP contribution in [0.15, 0.2) is 41.2 Å². The Morgan fingerprint density at radius 2 is 2.00 bits per heavy atom. The van der Waals surface area contributed by atoms with Gasteiger partial charge in [0, 0.05) is 23.9 Å². The van der Waals surface area contributed by atoms with Gasteiger partial charge in [-0.1, -0.05) is 37.3 Å². The van der Waals surface area contributed by atoms with E-state index in [1.165, 1.54) is 10.6 Å². The van der Waals surface area contributed by atoms with E-state index in [1.54, 1.807) is 6.92 Å². The van der Waals surface area contributed by atoms with Crippen molar-refractivity contribution in [1.82, 2.24) is 14.9 Å². The molecule has 0 atom stereocenters. The van der Waals surface area contributed by atoms with Crippen molar-refractivity contribution in [2.24, 2.45) is 0 Å². The quantitative estimate of drug-likeness (QED) is 0.910. The van der Waals surface area contributed by atoms with Gasteiger partial charge in [-0.2, -0.15) is 0 Å². The zero-order valence-electron chi connectivity index (χ0n) is 12.3. The van der Waals surface area contributed by atoms with Gasteiger partial charge in [0.1, 0.15) is 12.4 Å². The minimum absolute atomic E-state index is 0.0175. The van der Waals surface area contributed by atoms with Gasteiger partial charge in [-0.15, -0.1) is 0 Å². The first kappa shape index (κ1) is 15.0. The van der Waals surface area contributed by atoms with Gasteiger partial charge in [0.2, 0.25) is 5.91 Å². The highest BCUT2D eigenvalue weighted by molar-refractivity contribution is 5.76.